The third-order valence-corrected chi connectivity index (χ3v) is 4.72. The van der Waals surface area contributed by atoms with Gasteiger partial charge in [-0.25, -0.2) is 4.79 Å². The second-order valence-corrected chi connectivity index (χ2v) is 6.77. The number of rotatable bonds is 2. The summed E-state index contributed by atoms with van der Waals surface area (Å²) < 4.78 is 37.8. The SMILES string of the molecule is Cc1ccc(N2CCN(C(=O)Nc3ccc(C(F)(F)F)cc3)CC2)c(C)c1. The van der Waals surface area contributed by atoms with Crippen LogP contribution in [0.3, 0.4) is 0 Å². The summed E-state index contributed by atoms with van der Waals surface area (Å²) in [4.78, 5) is 16.3. The standard InChI is InChI=1S/C20H22F3N3O/c1-14-3-8-18(15(2)13-14)25-9-11-26(12-10-25)19(27)24-17-6-4-16(5-7-17)20(21,22)23/h3-8,13H,9-12H2,1-2H3,(H,24,27). The molecule has 1 aliphatic heterocycles. The summed E-state index contributed by atoms with van der Waals surface area (Å²) in [6, 6.07) is 10.5. The molecule has 2 aromatic carbocycles. The number of hydrogen-bond acceptors (Lipinski definition) is 2. The Balaban J connectivity index is 1.57. The number of amides is 2. The van der Waals surface area contributed by atoms with Gasteiger partial charge >= 0.3 is 12.2 Å². The monoisotopic (exact) mass is 377 g/mol. The number of piperazine rings is 1. The number of nitrogens with zero attached hydrogens (tertiary/aromatic N) is 2. The molecule has 0 atom stereocenters. The lowest BCUT2D eigenvalue weighted by Crippen LogP contribution is -2.50. The lowest BCUT2D eigenvalue weighted by Gasteiger charge is -2.36. The van der Waals surface area contributed by atoms with Crippen LogP contribution in [0.2, 0.25) is 0 Å². The quantitative estimate of drug-likeness (QED) is 0.825. The van der Waals surface area contributed by atoms with Crippen molar-refractivity contribution in [2.75, 3.05) is 36.4 Å². The molecule has 7 heteroatoms. The largest absolute Gasteiger partial charge is 0.416 e. The van der Waals surface area contributed by atoms with Crippen LogP contribution in [0.5, 0.6) is 0 Å². The van der Waals surface area contributed by atoms with E-state index in [9.17, 15) is 18.0 Å². The van der Waals surface area contributed by atoms with E-state index in [1.807, 2.05) is 0 Å². The van der Waals surface area contributed by atoms with Crippen molar-refractivity contribution in [2.45, 2.75) is 20.0 Å². The molecule has 2 aromatic rings. The number of halogens is 3. The molecule has 0 unspecified atom stereocenters. The Morgan fingerprint density at radius 1 is 0.963 bits per heavy atom. The number of aryl methyl sites for hydroxylation is 2. The molecule has 0 radical (unpaired) electrons. The highest BCUT2D eigenvalue weighted by molar-refractivity contribution is 5.89. The van der Waals surface area contributed by atoms with Crippen LogP contribution in [0.25, 0.3) is 0 Å². The molecule has 0 saturated carbocycles. The Morgan fingerprint density at radius 2 is 1.59 bits per heavy atom. The molecule has 27 heavy (non-hydrogen) atoms. The first-order valence-corrected chi connectivity index (χ1v) is 8.79. The van der Waals surface area contributed by atoms with E-state index in [2.05, 4.69) is 42.3 Å². The summed E-state index contributed by atoms with van der Waals surface area (Å²) in [5, 5.41) is 2.66. The normalized spacial score (nSPS) is 15.0. The first-order valence-electron chi connectivity index (χ1n) is 8.79. The van der Waals surface area contributed by atoms with E-state index in [0.29, 0.717) is 31.9 Å². The molecule has 0 aromatic heterocycles. The van der Waals surface area contributed by atoms with Gasteiger partial charge in [-0.2, -0.15) is 13.2 Å². The van der Waals surface area contributed by atoms with Crippen LogP contribution >= 0.6 is 0 Å². The van der Waals surface area contributed by atoms with Gasteiger partial charge in [0, 0.05) is 37.6 Å². The highest BCUT2D eigenvalue weighted by Gasteiger charge is 2.30. The second-order valence-electron chi connectivity index (χ2n) is 6.77. The van der Waals surface area contributed by atoms with E-state index in [1.165, 1.54) is 28.9 Å². The Morgan fingerprint density at radius 3 is 2.15 bits per heavy atom. The maximum absolute atomic E-state index is 12.6. The summed E-state index contributed by atoms with van der Waals surface area (Å²) in [5.74, 6) is 0. The van der Waals surface area contributed by atoms with Crippen LogP contribution in [0.1, 0.15) is 16.7 Å². The fraction of sp³-hybridized carbons (Fsp3) is 0.350. The number of benzene rings is 2. The average molecular weight is 377 g/mol. The van der Waals surface area contributed by atoms with Gasteiger partial charge in [0.2, 0.25) is 0 Å². The number of anilines is 2. The van der Waals surface area contributed by atoms with Gasteiger partial charge in [-0.1, -0.05) is 17.7 Å². The molecular weight excluding hydrogens is 355 g/mol. The van der Waals surface area contributed by atoms with Gasteiger partial charge in [-0.05, 0) is 49.7 Å². The van der Waals surface area contributed by atoms with Gasteiger partial charge in [-0.3, -0.25) is 0 Å². The van der Waals surface area contributed by atoms with Crippen molar-refractivity contribution in [1.82, 2.24) is 4.90 Å². The van der Waals surface area contributed by atoms with Gasteiger partial charge in [0.25, 0.3) is 0 Å². The fourth-order valence-electron chi connectivity index (χ4n) is 3.26. The molecule has 1 N–H and O–H groups in total. The Hall–Kier alpha value is -2.70. The van der Waals surface area contributed by atoms with Gasteiger partial charge in [0.1, 0.15) is 0 Å². The molecule has 4 nitrogen and oxygen atoms in total. The van der Waals surface area contributed by atoms with Crippen molar-refractivity contribution in [3.05, 3.63) is 59.2 Å². The van der Waals surface area contributed by atoms with Crippen molar-refractivity contribution >= 4 is 17.4 Å². The van der Waals surface area contributed by atoms with Crippen LogP contribution in [0.15, 0.2) is 42.5 Å². The maximum Gasteiger partial charge on any atom is 0.416 e. The molecule has 0 spiro atoms. The minimum atomic E-state index is -4.38. The average Bonchev–Trinajstić information content (AvgIpc) is 2.61. The Bertz CT molecular complexity index is 810. The molecule has 2 amide bonds. The summed E-state index contributed by atoms with van der Waals surface area (Å²) in [6.07, 6.45) is -4.38. The van der Waals surface area contributed by atoms with Crippen molar-refractivity contribution < 1.29 is 18.0 Å². The predicted octanol–water partition coefficient (Wildman–Crippen LogP) is 4.68. The molecule has 0 bridgehead atoms. The topological polar surface area (TPSA) is 35.6 Å². The van der Waals surface area contributed by atoms with Crippen LogP contribution in [0, 0.1) is 13.8 Å². The van der Waals surface area contributed by atoms with Crippen molar-refractivity contribution in [3.63, 3.8) is 0 Å². The minimum absolute atomic E-state index is 0.296. The van der Waals surface area contributed by atoms with E-state index in [4.69, 9.17) is 0 Å². The molecule has 0 aliphatic carbocycles. The van der Waals surface area contributed by atoms with Crippen molar-refractivity contribution in [3.8, 4) is 0 Å². The fourth-order valence-corrected chi connectivity index (χ4v) is 3.26. The van der Waals surface area contributed by atoms with Gasteiger partial charge < -0.3 is 15.1 Å². The van der Waals surface area contributed by atoms with Crippen LogP contribution in [0.4, 0.5) is 29.3 Å². The number of nitrogens with one attached hydrogen (secondary N) is 1. The molecule has 3 rings (SSSR count). The van der Waals surface area contributed by atoms with Gasteiger partial charge in [-0.15, -0.1) is 0 Å². The molecule has 1 fully saturated rings. The van der Waals surface area contributed by atoms with Crippen LogP contribution in [-0.4, -0.2) is 37.1 Å². The van der Waals surface area contributed by atoms with Crippen molar-refractivity contribution in [2.24, 2.45) is 0 Å². The molecule has 1 heterocycles. The molecule has 1 aliphatic rings. The van der Waals surface area contributed by atoms with E-state index >= 15 is 0 Å². The smallest absolute Gasteiger partial charge is 0.368 e. The minimum Gasteiger partial charge on any atom is -0.368 e. The van der Waals surface area contributed by atoms with Gasteiger partial charge in [0.15, 0.2) is 0 Å². The number of carbonyl (C=O) groups excluding carboxylic acids is 1. The van der Waals surface area contributed by atoms with E-state index in [-0.39, 0.29) is 6.03 Å². The maximum atomic E-state index is 12.6. The zero-order valence-corrected chi connectivity index (χ0v) is 15.3. The zero-order valence-electron chi connectivity index (χ0n) is 15.3. The van der Waals surface area contributed by atoms with Crippen molar-refractivity contribution in [1.29, 1.82) is 0 Å². The summed E-state index contributed by atoms with van der Waals surface area (Å²) in [7, 11) is 0. The first-order chi connectivity index (χ1) is 12.7. The summed E-state index contributed by atoms with van der Waals surface area (Å²) in [6.45, 7) is 6.67. The van der Waals surface area contributed by atoms with Gasteiger partial charge in [0.05, 0.1) is 5.56 Å². The third kappa shape index (κ3) is 4.53. The molecule has 1 saturated heterocycles. The zero-order chi connectivity index (χ0) is 19.6. The van der Waals surface area contributed by atoms with E-state index < -0.39 is 11.7 Å². The second kappa shape index (κ2) is 7.50. The molecule has 144 valence electrons. The lowest BCUT2D eigenvalue weighted by molar-refractivity contribution is -0.137. The highest BCUT2D eigenvalue weighted by Crippen LogP contribution is 2.30. The highest BCUT2D eigenvalue weighted by atomic mass is 19.4. The van der Waals surface area contributed by atoms with Crippen LogP contribution < -0.4 is 10.2 Å². The number of carbonyl (C=O) groups is 1. The number of hydrogen-bond donors (Lipinski definition) is 1. The first kappa shape index (κ1) is 19.1. The lowest BCUT2D eigenvalue weighted by atomic mass is 10.1. The molecular formula is C20H22F3N3O. The summed E-state index contributed by atoms with van der Waals surface area (Å²) >= 11 is 0. The van der Waals surface area contributed by atoms with E-state index in [1.54, 1.807) is 4.90 Å². The summed E-state index contributed by atoms with van der Waals surface area (Å²) in [5.41, 5.74) is 3.21. The number of alkyl halides is 3. The Kier molecular flexibility index (Phi) is 5.30. The van der Waals surface area contributed by atoms with Crippen LogP contribution in [-0.2, 0) is 6.18 Å². The third-order valence-electron chi connectivity index (χ3n) is 4.72. The number of urea groups is 1. The van der Waals surface area contributed by atoms with E-state index in [0.717, 1.165) is 12.1 Å². The predicted molar refractivity (Wildman–Crippen MR) is 100 cm³/mol. The Labute approximate surface area is 156 Å².